The first-order valence-electron chi connectivity index (χ1n) is 4.66. The smallest absolute Gasteiger partial charge is 0.221 e. The summed E-state index contributed by atoms with van der Waals surface area (Å²) in [4.78, 5) is 12.7. The van der Waals surface area contributed by atoms with E-state index in [1.165, 1.54) is 11.3 Å². The van der Waals surface area contributed by atoms with Crippen molar-refractivity contribution in [3.05, 3.63) is 21.9 Å². The molecule has 80 valence electrons. The Morgan fingerprint density at radius 3 is 3.00 bits per heavy atom. The molecule has 2 N–H and O–H groups in total. The summed E-state index contributed by atoms with van der Waals surface area (Å²) in [6.07, 6.45) is 0.479. The fourth-order valence-electron chi connectivity index (χ4n) is 1.07. The topological polar surface area (TPSA) is 64.9 Å². The maximum absolute atomic E-state index is 10.9. The van der Waals surface area contributed by atoms with Gasteiger partial charge in [-0.25, -0.2) is 0 Å². The normalized spacial score (nSPS) is 9.60. The van der Waals surface area contributed by atoms with Gasteiger partial charge in [0, 0.05) is 31.4 Å². The Labute approximate surface area is 92.9 Å². The maximum Gasteiger partial charge on any atom is 0.221 e. The molecule has 0 saturated heterocycles. The van der Waals surface area contributed by atoms with Crippen LogP contribution in [0.15, 0.2) is 12.1 Å². The third-order valence-electron chi connectivity index (χ3n) is 1.88. The lowest BCUT2D eigenvalue weighted by Gasteiger charge is -2.01. The average Bonchev–Trinajstić information content (AvgIpc) is 2.72. The van der Waals surface area contributed by atoms with Gasteiger partial charge in [-0.05, 0) is 12.1 Å². The quantitative estimate of drug-likeness (QED) is 0.727. The zero-order chi connectivity index (χ0) is 11.1. The van der Waals surface area contributed by atoms with Crippen molar-refractivity contribution >= 4 is 17.2 Å². The second-order valence-electron chi connectivity index (χ2n) is 2.98. The number of hydrogen-bond donors (Lipinski definition) is 2. The van der Waals surface area contributed by atoms with E-state index in [1.54, 1.807) is 13.1 Å². The molecule has 0 aliphatic rings. The van der Waals surface area contributed by atoms with Crippen LogP contribution < -0.4 is 10.6 Å². The van der Waals surface area contributed by atoms with E-state index in [-0.39, 0.29) is 5.91 Å². The Kier molecular flexibility index (Phi) is 4.81. The van der Waals surface area contributed by atoms with Gasteiger partial charge in [0.15, 0.2) is 0 Å². The number of carbonyl (C=O) groups excluding carboxylic acids is 1. The van der Waals surface area contributed by atoms with Gasteiger partial charge in [-0.1, -0.05) is 0 Å². The lowest BCUT2D eigenvalue weighted by molar-refractivity contribution is -0.120. The van der Waals surface area contributed by atoms with Crippen LogP contribution in [0.4, 0.5) is 0 Å². The molecule has 0 aromatic carbocycles. The number of carbonyl (C=O) groups is 1. The van der Waals surface area contributed by atoms with Crippen molar-refractivity contribution in [1.82, 2.24) is 10.6 Å². The van der Waals surface area contributed by atoms with E-state index in [0.717, 1.165) is 9.75 Å². The molecule has 0 unspecified atom stereocenters. The average molecular weight is 223 g/mol. The third-order valence-corrected chi connectivity index (χ3v) is 2.87. The summed E-state index contributed by atoms with van der Waals surface area (Å²) in [5.74, 6) is 0.0337. The van der Waals surface area contributed by atoms with Crippen molar-refractivity contribution in [3.63, 3.8) is 0 Å². The Morgan fingerprint density at radius 2 is 2.40 bits per heavy atom. The van der Waals surface area contributed by atoms with Crippen LogP contribution in [0.1, 0.15) is 16.2 Å². The third kappa shape index (κ3) is 4.11. The van der Waals surface area contributed by atoms with E-state index in [2.05, 4.69) is 16.7 Å². The summed E-state index contributed by atoms with van der Waals surface area (Å²) in [6.45, 7) is 1.36. The summed E-state index contributed by atoms with van der Waals surface area (Å²) < 4.78 is 0. The zero-order valence-electron chi connectivity index (χ0n) is 8.54. The summed E-state index contributed by atoms with van der Waals surface area (Å²) in [6, 6.07) is 5.82. The number of nitriles is 1. The van der Waals surface area contributed by atoms with E-state index in [9.17, 15) is 4.79 Å². The second-order valence-corrected chi connectivity index (χ2v) is 4.15. The van der Waals surface area contributed by atoms with Gasteiger partial charge < -0.3 is 10.6 Å². The van der Waals surface area contributed by atoms with Gasteiger partial charge in [0.25, 0.3) is 0 Å². The van der Waals surface area contributed by atoms with E-state index < -0.39 is 0 Å². The molecule has 0 fully saturated rings. The zero-order valence-corrected chi connectivity index (χ0v) is 9.36. The fraction of sp³-hybridized carbons (Fsp3) is 0.400. The molecule has 1 aromatic rings. The monoisotopic (exact) mass is 223 g/mol. The van der Waals surface area contributed by atoms with Gasteiger partial charge in [-0.3, -0.25) is 4.79 Å². The van der Waals surface area contributed by atoms with Crippen LogP contribution >= 0.6 is 11.3 Å². The van der Waals surface area contributed by atoms with Crippen LogP contribution in [0.5, 0.6) is 0 Å². The lowest BCUT2D eigenvalue weighted by Crippen LogP contribution is -2.24. The molecule has 1 heterocycles. The van der Waals surface area contributed by atoms with Gasteiger partial charge in [0.1, 0.15) is 10.9 Å². The molecule has 0 atom stereocenters. The van der Waals surface area contributed by atoms with Crippen LogP contribution in [0, 0.1) is 11.3 Å². The Balaban J connectivity index is 2.21. The summed E-state index contributed by atoms with van der Waals surface area (Å²) in [7, 11) is 1.63. The first-order valence-corrected chi connectivity index (χ1v) is 5.48. The van der Waals surface area contributed by atoms with Crippen LogP contribution in [-0.2, 0) is 11.3 Å². The van der Waals surface area contributed by atoms with Crippen molar-refractivity contribution < 1.29 is 4.79 Å². The second kappa shape index (κ2) is 6.17. The number of thiophene rings is 1. The minimum atomic E-state index is 0.0337. The molecule has 0 bridgehead atoms. The first-order chi connectivity index (χ1) is 7.26. The van der Waals surface area contributed by atoms with Gasteiger partial charge >= 0.3 is 0 Å². The highest BCUT2D eigenvalue weighted by molar-refractivity contribution is 7.12. The lowest BCUT2D eigenvalue weighted by atomic mass is 10.4. The molecular formula is C10H13N3OS. The predicted molar refractivity (Wildman–Crippen MR) is 59.4 cm³/mol. The minimum absolute atomic E-state index is 0.0337. The summed E-state index contributed by atoms with van der Waals surface area (Å²) in [5, 5.41) is 14.3. The molecule has 1 rings (SSSR count). The SMILES string of the molecule is CNC(=O)CCNCc1ccc(C#N)s1. The molecule has 0 radical (unpaired) electrons. The van der Waals surface area contributed by atoms with Crippen molar-refractivity contribution in [1.29, 1.82) is 5.26 Å². The van der Waals surface area contributed by atoms with Crippen LogP contribution in [0.2, 0.25) is 0 Å². The number of amides is 1. The molecule has 0 aliphatic carbocycles. The minimum Gasteiger partial charge on any atom is -0.359 e. The molecule has 0 spiro atoms. The highest BCUT2D eigenvalue weighted by Gasteiger charge is 2.00. The van der Waals surface area contributed by atoms with E-state index in [1.807, 2.05) is 6.07 Å². The fourth-order valence-corrected chi connectivity index (χ4v) is 1.85. The highest BCUT2D eigenvalue weighted by atomic mass is 32.1. The number of rotatable bonds is 5. The number of nitrogens with one attached hydrogen (secondary N) is 2. The van der Waals surface area contributed by atoms with Crippen LogP contribution in [0.3, 0.4) is 0 Å². The van der Waals surface area contributed by atoms with Crippen molar-refractivity contribution in [2.45, 2.75) is 13.0 Å². The molecule has 0 saturated carbocycles. The molecule has 1 aromatic heterocycles. The van der Waals surface area contributed by atoms with Gasteiger partial charge in [0.2, 0.25) is 5.91 Å². The predicted octanol–water partition coefficient (Wildman–Crippen LogP) is 0.845. The van der Waals surface area contributed by atoms with Crippen molar-refractivity contribution in [2.24, 2.45) is 0 Å². The van der Waals surface area contributed by atoms with E-state index >= 15 is 0 Å². The largest absolute Gasteiger partial charge is 0.359 e. The highest BCUT2D eigenvalue weighted by Crippen LogP contribution is 2.14. The number of hydrogen-bond acceptors (Lipinski definition) is 4. The molecular weight excluding hydrogens is 210 g/mol. The molecule has 15 heavy (non-hydrogen) atoms. The Morgan fingerprint density at radius 1 is 1.60 bits per heavy atom. The standard InChI is InChI=1S/C10H13N3OS/c1-12-10(14)4-5-13-7-9-3-2-8(6-11)15-9/h2-3,13H,4-5,7H2,1H3,(H,12,14). The molecule has 4 nitrogen and oxygen atoms in total. The van der Waals surface area contributed by atoms with Gasteiger partial charge in [-0.2, -0.15) is 5.26 Å². The van der Waals surface area contributed by atoms with E-state index in [4.69, 9.17) is 5.26 Å². The first kappa shape index (κ1) is 11.7. The van der Waals surface area contributed by atoms with Gasteiger partial charge in [-0.15, -0.1) is 11.3 Å². The molecule has 5 heteroatoms. The van der Waals surface area contributed by atoms with Crippen molar-refractivity contribution in [3.8, 4) is 6.07 Å². The Hall–Kier alpha value is -1.38. The van der Waals surface area contributed by atoms with E-state index in [0.29, 0.717) is 19.5 Å². The van der Waals surface area contributed by atoms with Crippen molar-refractivity contribution in [2.75, 3.05) is 13.6 Å². The summed E-state index contributed by atoms with van der Waals surface area (Å²) in [5.41, 5.74) is 0. The maximum atomic E-state index is 10.9. The number of nitrogens with zero attached hydrogens (tertiary/aromatic N) is 1. The summed E-state index contributed by atoms with van der Waals surface area (Å²) >= 11 is 1.47. The van der Waals surface area contributed by atoms with Crippen LogP contribution in [0.25, 0.3) is 0 Å². The molecule has 0 aliphatic heterocycles. The molecule has 1 amide bonds. The Bertz CT molecular complexity index is 367. The van der Waals surface area contributed by atoms with Crippen LogP contribution in [-0.4, -0.2) is 19.5 Å². The van der Waals surface area contributed by atoms with Gasteiger partial charge in [0.05, 0.1) is 0 Å².